The molecular formula is C22H25F3NO7P. The van der Waals surface area contributed by atoms with E-state index in [1.165, 1.54) is 13.8 Å². The minimum Gasteiger partial charge on any atom is -0.461 e. The zero-order valence-corrected chi connectivity index (χ0v) is 19.7. The van der Waals surface area contributed by atoms with Gasteiger partial charge >= 0.3 is 19.7 Å². The Morgan fingerprint density at radius 3 is 2.26 bits per heavy atom. The lowest BCUT2D eigenvalue weighted by atomic mass is 9.84. The molecule has 1 saturated carbocycles. The Labute approximate surface area is 193 Å². The fraction of sp³-hybridized carbons (Fsp3) is 0.500. The highest BCUT2D eigenvalue weighted by Gasteiger charge is 2.49. The molecule has 1 heterocycles. The van der Waals surface area contributed by atoms with Crippen molar-refractivity contribution in [2.45, 2.75) is 63.7 Å². The van der Waals surface area contributed by atoms with Crippen LogP contribution in [0.5, 0.6) is 0 Å². The van der Waals surface area contributed by atoms with Gasteiger partial charge in [0.05, 0.1) is 17.3 Å². The van der Waals surface area contributed by atoms with Crippen molar-refractivity contribution >= 4 is 19.3 Å². The number of carbonyl (C=O) groups excluding carboxylic acids is 2. The Hall–Kier alpha value is -2.49. The van der Waals surface area contributed by atoms with Gasteiger partial charge in [0.1, 0.15) is 5.56 Å². The van der Waals surface area contributed by atoms with E-state index in [1.54, 1.807) is 6.92 Å². The summed E-state index contributed by atoms with van der Waals surface area (Å²) in [7, 11) is -5.05. The number of nitrogens with zero attached hydrogens (tertiary/aromatic N) is 1. The molecule has 186 valence electrons. The van der Waals surface area contributed by atoms with E-state index in [0.29, 0.717) is 25.0 Å². The minimum absolute atomic E-state index is 0.0173. The maximum absolute atomic E-state index is 13.7. The fourth-order valence-electron chi connectivity index (χ4n) is 4.12. The second-order valence-corrected chi connectivity index (χ2v) is 10.1. The van der Waals surface area contributed by atoms with E-state index >= 15 is 0 Å². The summed E-state index contributed by atoms with van der Waals surface area (Å²) >= 11 is 0. The van der Waals surface area contributed by atoms with Crippen LogP contribution in [0.15, 0.2) is 22.7 Å². The first kappa shape index (κ1) is 26.1. The molecule has 8 nitrogen and oxygen atoms in total. The van der Waals surface area contributed by atoms with Gasteiger partial charge in [0.25, 0.3) is 0 Å². The molecule has 1 aliphatic carbocycles. The van der Waals surface area contributed by atoms with Gasteiger partial charge in [-0.1, -0.05) is 25.1 Å². The van der Waals surface area contributed by atoms with Crippen LogP contribution in [0, 0.1) is 0 Å². The van der Waals surface area contributed by atoms with E-state index in [0.717, 1.165) is 6.07 Å². The number of ketones is 1. The first-order valence-electron chi connectivity index (χ1n) is 10.8. The van der Waals surface area contributed by atoms with Crippen LogP contribution in [0.2, 0.25) is 0 Å². The van der Waals surface area contributed by atoms with E-state index < -0.39 is 47.5 Å². The molecule has 0 amide bonds. The highest BCUT2D eigenvalue weighted by atomic mass is 31.2. The Morgan fingerprint density at radius 1 is 1.18 bits per heavy atom. The van der Waals surface area contributed by atoms with Crippen LogP contribution >= 0.6 is 7.60 Å². The van der Waals surface area contributed by atoms with Crippen molar-refractivity contribution in [3.05, 3.63) is 51.9 Å². The van der Waals surface area contributed by atoms with Crippen molar-refractivity contribution in [1.29, 1.82) is 0 Å². The number of halogens is 3. The van der Waals surface area contributed by atoms with Gasteiger partial charge in [-0.3, -0.25) is 9.36 Å². The van der Waals surface area contributed by atoms with Gasteiger partial charge in [-0.15, -0.1) is 0 Å². The van der Waals surface area contributed by atoms with Crippen molar-refractivity contribution in [2.75, 3.05) is 6.61 Å². The molecule has 0 unspecified atom stereocenters. The summed E-state index contributed by atoms with van der Waals surface area (Å²) in [5.41, 5.74) is -2.64. The second-order valence-electron chi connectivity index (χ2n) is 8.14. The van der Waals surface area contributed by atoms with E-state index in [9.17, 15) is 37.1 Å². The van der Waals surface area contributed by atoms with Gasteiger partial charge in [0.15, 0.2) is 11.5 Å². The molecule has 1 aromatic carbocycles. The van der Waals surface area contributed by atoms with Crippen LogP contribution in [0.1, 0.15) is 95.7 Å². The van der Waals surface area contributed by atoms with Crippen LogP contribution in [0.4, 0.5) is 13.2 Å². The molecule has 2 N–H and O–H groups in total. The number of aromatic nitrogens is 1. The smallest absolute Gasteiger partial charge is 0.416 e. The fourth-order valence-corrected chi connectivity index (χ4v) is 5.45. The number of ether oxygens (including phenoxy) is 1. The molecule has 0 bridgehead atoms. The largest absolute Gasteiger partial charge is 0.461 e. The van der Waals surface area contributed by atoms with Gasteiger partial charge in [0, 0.05) is 11.5 Å². The number of hydrogen-bond acceptors (Lipinski definition) is 6. The number of hydrogen-bond donors (Lipinski definition) is 2. The van der Waals surface area contributed by atoms with Crippen LogP contribution in [-0.4, -0.2) is 33.3 Å². The molecular weight excluding hydrogens is 478 g/mol. The molecule has 0 spiro atoms. The Kier molecular flexibility index (Phi) is 7.13. The molecule has 12 heteroatoms. The number of rotatable bonds is 9. The minimum atomic E-state index is -5.05. The average molecular weight is 503 g/mol. The lowest BCUT2D eigenvalue weighted by molar-refractivity contribution is -0.137. The number of carbonyl (C=O) groups is 2. The predicted molar refractivity (Wildman–Crippen MR) is 114 cm³/mol. The van der Waals surface area contributed by atoms with Crippen molar-refractivity contribution in [3.63, 3.8) is 0 Å². The zero-order valence-electron chi connectivity index (χ0n) is 18.8. The Morgan fingerprint density at radius 2 is 1.79 bits per heavy atom. The third kappa shape index (κ3) is 4.56. The van der Waals surface area contributed by atoms with Gasteiger partial charge in [0.2, 0.25) is 5.69 Å². The van der Waals surface area contributed by atoms with E-state index in [-0.39, 0.29) is 42.3 Å². The van der Waals surface area contributed by atoms with Crippen LogP contribution in [0.25, 0.3) is 0 Å². The van der Waals surface area contributed by atoms with Gasteiger partial charge in [-0.25, -0.2) is 4.79 Å². The van der Waals surface area contributed by atoms with E-state index in [4.69, 9.17) is 9.26 Å². The highest BCUT2D eigenvalue weighted by molar-refractivity contribution is 7.53. The summed E-state index contributed by atoms with van der Waals surface area (Å²) in [5.74, 6) is -1.94. The lowest BCUT2D eigenvalue weighted by Gasteiger charge is -2.34. The maximum Gasteiger partial charge on any atom is 0.416 e. The van der Waals surface area contributed by atoms with Crippen molar-refractivity contribution < 1.29 is 46.4 Å². The maximum atomic E-state index is 13.7. The van der Waals surface area contributed by atoms with Gasteiger partial charge in [-0.05, 0) is 50.3 Å². The lowest BCUT2D eigenvalue weighted by Crippen LogP contribution is -2.28. The first-order valence-corrected chi connectivity index (χ1v) is 12.4. The molecule has 3 rings (SSSR count). The Bertz CT molecular complexity index is 1140. The Balaban J connectivity index is 2.31. The number of benzene rings is 1. The summed E-state index contributed by atoms with van der Waals surface area (Å²) in [6, 6.07) is 2.16. The second kappa shape index (κ2) is 9.28. The quantitative estimate of drug-likeness (QED) is 0.273. The normalized spacial score (nSPS) is 14.8. The van der Waals surface area contributed by atoms with Crippen LogP contribution in [0.3, 0.4) is 0 Å². The van der Waals surface area contributed by atoms with Gasteiger partial charge in [-0.2, -0.15) is 13.2 Å². The molecule has 0 aliphatic heterocycles. The van der Waals surface area contributed by atoms with Crippen molar-refractivity contribution in [2.24, 2.45) is 0 Å². The topological polar surface area (TPSA) is 127 Å². The third-order valence-corrected chi connectivity index (χ3v) is 8.17. The molecule has 2 aromatic rings. The summed E-state index contributed by atoms with van der Waals surface area (Å²) < 4.78 is 63.4. The van der Waals surface area contributed by atoms with Crippen molar-refractivity contribution in [1.82, 2.24) is 5.16 Å². The number of esters is 1. The van der Waals surface area contributed by atoms with E-state index in [1.807, 2.05) is 0 Å². The monoisotopic (exact) mass is 503 g/mol. The SMILES string of the molecule is CCOC(=O)c1noc(C2CC2)c1C(=O)c1ccc(C(F)(F)F)cc1C(CC)(CC)P(=O)(O)O. The molecule has 1 aliphatic rings. The van der Waals surface area contributed by atoms with Gasteiger partial charge < -0.3 is 19.0 Å². The standard InChI is InChI=1S/C22H25F3NO7P/c1-4-21(5-2,34(29,30)31)15-11-13(22(23,24)25)9-10-14(15)18(27)16-17(20(28)32-6-3)26-33-19(16)12-7-8-12/h9-12H,4-8H2,1-3H3,(H2,29,30,31). The summed E-state index contributed by atoms with van der Waals surface area (Å²) in [5, 5.41) is 1.62. The highest BCUT2D eigenvalue weighted by Crippen LogP contribution is 2.62. The third-order valence-electron chi connectivity index (χ3n) is 6.18. The molecule has 0 saturated heterocycles. The van der Waals surface area contributed by atoms with Crippen LogP contribution < -0.4 is 0 Å². The van der Waals surface area contributed by atoms with Crippen molar-refractivity contribution in [3.8, 4) is 0 Å². The summed E-state index contributed by atoms with van der Waals surface area (Å²) in [4.78, 5) is 46.5. The van der Waals surface area contributed by atoms with E-state index in [2.05, 4.69) is 5.16 Å². The predicted octanol–water partition coefficient (Wildman–Crippen LogP) is 5.17. The molecule has 1 fully saturated rings. The number of alkyl halides is 3. The average Bonchev–Trinajstić information content (AvgIpc) is 3.51. The molecule has 0 radical (unpaired) electrons. The zero-order chi connectivity index (χ0) is 25.5. The molecule has 0 atom stereocenters. The first-order chi connectivity index (χ1) is 15.8. The summed E-state index contributed by atoms with van der Waals surface area (Å²) in [6.07, 6.45) is -3.97. The molecule has 34 heavy (non-hydrogen) atoms. The summed E-state index contributed by atoms with van der Waals surface area (Å²) in [6.45, 7) is 4.38. The molecule has 1 aromatic heterocycles. The van der Waals surface area contributed by atoms with Crippen LogP contribution in [-0.2, 0) is 20.6 Å².